The molecule has 3 rings (SSSR count). The Kier molecular flexibility index (Phi) is 3.21. The molecular weight excluding hydrogens is 284 g/mol. The fourth-order valence-corrected chi connectivity index (χ4v) is 5.15. The highest BCUT2D eigenvalue weighted by atomic mass is 32.2. The summed E-state index contributed by atoms with van der Waals surface area (Å²) in [4.78, 5) is 13.0. The highest BCUT2D eigenvalue weighted by molar-refractivity contribution is 7.94. The molecule has 0 saturated heterocycles. The van der Waals surface area contributed by atoms with Crippen molar-refractivity contribution in [1.29, 1.82) is 0 Å². The van der Waals surface area contributed by atoms with Gasteiger partial charge in [-0.05, 0) is 24.5 Å². The summed E-state index contributed by atoms with van der Waals surface area (Å²) in [5, 5.41) is 0. The largest absolute Gasteiger partial charge is 0.292 e. The number of ketones is 1. The standard InChI is InChI=1S/C17H16O3S/c1-13-12-17(13,16(18)14-8-4-2-5-9-14)21(19,20)15-10-6-3-7-11-15/h2-11,13H,12H2,1H3/t13-,17-/m0/s1. The molecule has 3 nitrogen and oxygen atoms in total. The number of sulfone groups is 1. The zero-order chi connectivity index (χ0) is 15.1. The molecule has 2 atom stereocenters. The number of hydrogen-bond acceptors (Lipinski definition) is 3. The summed E-state index contributed by atoms with van der Waals surface area (Å²) in [5.41, 5.74) is 0.460. The van der Waals surface area contributed by atoms with Crippen LogP contribution in [0.4, 0.5) is 0 Å². The molecule has 0 radical (unpaired) electrons. The van der Waals surface area contributed by atoms with Crippen molar-refractivity contribution in [3.05, 3.63) is 66.2 Å². The number of Topliss-reactive ketones (excluding diaryl/α,β-unsaturated/α-hetero) is 1. The monoisotopic (exact) mass is 300 g/mol. The van der Waals surface area contributed by atoms with Crippen LogP contribution in [0.15, 0.2) is 65.6 Å². The first-order valence-corrected chi connectivity index (χ1v) is 8.38. The van der Waals surface area contributed by atoms with Gasteiger partial charge < -0.3 is 0 Å². The molecule has 1 fully saturated rings. The average molecular weight is 300 g/mol. The van der Waals surface area contributed by atoms with Gasteiger partial charge in [0.05, 0.1) is 4.90 Å². The zero-order valence-electron chi connectivity index (χ0n) is 11.7. The number of benzene rings is 2. The average Bonchev–Trinajstić information content (AvgIpc) is 3.21. The normalized spacial score (nSPS) is 24.5. The van der Waals surface area contributed by atoms with Crippen LogP contribution in [0.2, 0.25) is 0 Å². The molecule has 0 unspecified atom stereocenters. The molecule has 0 bridgehead atoms. The number of carbonyl (C=O) groups is 1. The summed E-state index contributed by atoms with van der Waals surface area (Å²) in [7, 11) is -3.67. The summed E-state index contributed by atoms with van der Waals surface area (Å²) in [6, 6.07) is 16.9. The van der Waals surface area contributed by atoms with E-state index in [0.717, 1.165) is 0 Å². The Bertz CT molecular complexity index is 766. The van der Waals surface area contributed by atoms with Crippen LogP contribution in [-0.2, 0) is 9.84 Å². The van der Waals surface area contributed by atoms with E-state index in [9.17, 15) is 13.2 Å². The Morgan fingerprint density at radius 3 is 1.95 bits per heavy atom. The topological polar surface area (TPSA) is 51.2 Å². The SMILES string of the molecule is C[C@H]1C[C@]1(C(=O)c1ccccc1)S(=O)(=O)c1ccccc1. The molecule has 0 spiro atoms. The Balaban J connectivity index is 2.09. The fraction of sp³-hybridized carbons (Fsp3) is 0.235. The van der Waals surface area contributed by atoms with Gasteiger partial charge in [-0.2, -0.15) is 0 Å². The van der Waals surface area contributed by atoms with E-state index in [1.165, 1.54) is 0 Å². The minimum atomic E-state index is -3.67. The van der Waals surface area contributed by atoms with Crippen LogP contribution in [0.25, 0.3) is 0 Å². The van der Waals surface area contributed by atoms with Crippen molar-refractivity contribution >= 4 is 15.6 Å². The molecule has 21 heavy (non-hydrogen) atoms. The molecule has 2 aromatic rings. The number of hydrogen-bond donors (Lipinski definition) is 0. The molecule has 0 aromatic heterocycles. The summed E-state index contributed by atoms with van der Waals surface area (Å²) in [5.74, 6) is -0.449. The zero-order valence-corrected chi connectivity index (χ0v) is 12.5. The van der Waals surface area contributed by atoms with Crippen molar-refractivity contribution in [3.8, 4) is 0 Å². The summed E-state index contributed by atoms with van der Waals surface area (Å²) < 4.78 is 24.5. The quantitative estimate of drug-likeness (QED) is 0.815. The van der Waals surface area contributed by atoms with Gasteiger partial charge in [0, 0.05) is 5.56 Å². The third kappa shape index (κ3) is 2.02. The van der Waals surface area contributed by atoms with E-state index in [4.69, 9.17) is 0 Å². The van der Waals surface area contributed by atoms with Crippen LogP contribution < -0.4 is 0 Å². The Morgan fingerprint density at radius 2 is 1.48 bits per heavy atom. The van der Waals surface area contributed by atoms with Crippen LogP contribution in [-0.4, -0.2) is 18.9 Å². The molecular formula is C17H16O3S. The second-order valence-corrected chi connectivity index (χ2v) is 7.71. The second-order valence-electron chi connectivity index (χ2n) is 5.51. The third-order valence-corrected chi connectivity index (χ3v) is 6.80. The lowest BCUT2D eigenvalue weighted by Crippen LogP contribution is -2.34. The molecule has 0 heterocycles. The molecule has 1 aliphatic rings. The predicted octanol–water partition coefficient (Wildman–Crippen LogP) is 3.12. The first-order valence-electron chi connectivity index (χ1n) is 6.89. The smallest absolute Gasteiger partial charge is 0.191 e. The molecule has 2 aromatic carbocycles. The minimum Gasteiger partial charge on any atom is -0.292 e. The minimum absolute atomic E-state index is 0.157. The van der Waals surface area contributed by atoms with E-state index in [-0.39, 0.29) is 16.6 Å². The lowest BCUT2D eigenvalue weighted by molar-refractivity contribution is 0.0973. The number of rotatable bonds is 4. The Labute approximate surface area is 124 Å². The van der Waals surface area contributed by atoms with Gasteiger partial charge in [0.15, 0.2) is 15.6 Å². The maximum Gasteiger partial charge on any atom is 0.191 e. The molecule has 108 valence electrons. The van der Waals surface area contributed by atoms with E-state index in [0.29, 0.717) is 12.0 Å². The Morgan fingerprint density at radius 1 is 1.00 bits per heavy atom. The van der Waals surface area contributed by atoms with Crippen LogP contribution in [0.1, 0.15) is 23.7 Å². The highest BCUT2D eigenvalue weighted by Gasteiger charge is 2.66. The lowest BCUT2D eigenvalue weighted by atomic mass is 10.1. The highest BCUT2D eigenvalue weighted by Crippen LogP contribution is 2.54. The second kappa shape index (κ2) is 4.81. The molecule has 0 amide bonds. The molecule has 1 aliphatic carbocycles. The van der Waals surface area contributed by atoms with Gasteiger partial charge in [-0.25, -0.2) is 8.42 Å². The molecule has 4 heteroatoms. The van der Waals surface area contributed by atoms with E-state index in [1.807, 2.05) is 13.0 Å². The van der Waals surface area contributed by atoms with E-state index in [2.05, 4.69) is 0 Å². The van der Waals surface area contributed by atoms with Crippen molar-refractivity contribution < 1.29 is 13.2 Å². The maximum atomic E-state index is 12.9. The van der Waals surface area contributed by atoms with E-state index >= 15 is 0 Å². The van der Waals surface area contributed by atoms with Crippen LogP contribution in [0, 0.1) is 5.92 Å². The third-order valence-electron chi connectivity index (χ3n) is 4.20. The van der Waals surface area contributed by atoms with Gasteiger partial charge in [0.1, 0.15) is 4.75 Å². The van der Waals surface area contributed by atoms with Gasteiger partial charge in [-0.3, -0.25) is 4.79 Å². The van der Waals surface area contributed by atoms with Crippen molar-refractivity contribution in [2.45, 2.75) is 23.0 Å². The van der Waals surface area contributed by atoms with Gasteiger partial charge in [0.2, 0.25) is 0 Å². The summed E-state index contributed by atoms with van der Waals surface area (Å²) in [6.45, 7) is 1.82. The van der Waals surface area contributed by atoms with E-state index < -0.39 is 14.6 Å². The lowest BCUT2D eigenvalue weighted by Gasteiger charge is -2.16. The summed E-state index contributed by atoms with van der Waals surface area (Å²) >= 11 is 0. The number of carbonyl (C=O) groups excluding carboxylic acids is 1. The first-order chi connectivity index (χ1) is 10.00. The van der Waals surface area contributed by atoms with Crippen LogP contribution in [0.3, 0.4) is 0 Å². The maximum absolute atomic E-state index is 12.9. The van der Waals surface area contributed by atoms with Gasteiger partial charge in [-0.1, -0.05) is 55.5 Å². The molecule has 0 N–H and O–H groups in total. The van der Waals surface area contributed by atoms with Crippen molar-refractivity contribution in [1.82, 2.24) is 0 Å². The van der Waals surface area contributed by atoms with Gasteiger partial charge >= 0.3 is 0 Å². The van der Waals surface area contributed by atoms with Crippen LogP contribution in [0.5, 0.6) is 0 Å². The van der Waals surface area contributed by atoms with Crippen molar-refractivity contribution in [3.63, 3.8) is 0 Å². The van der Waals surface area contributed by atoms with Crippen molar-refractivity contribution in [2.75, 3.05) is 0 Å². The van der Waals surface area contributed by atoms with Crippen molar-refractivity contribution in [2.24, 2.45) is 5.92 Å². The molecule has 1 saturated carbocycles. The summed E-state index contributed by atoms with van der Waals surface area (Å²) in [6.07, 6.45) is 0.387. The predicted molar refractivity (Wildman–Crippen MR) is 80.9 cm³/mol. The van der Waals surface area contributed by atoms with Crippen LogP contribution >= 0.6 is 0 Å². The molecule has 0 aliphatic heterocycles. The van der Waals surface area contributed by atoms with Gasteiger partial charge in [0.25, 0.3) is 0 Å². The van der Waals surface area contributed by atoms with Gasteiger partial charge in [-0.15, -0.1) is 0 Å². The first kappa shape index (κ1) is 14.0. The van der Waals surface area contributed by atoms with E-state index in [1.54, 1.807) is 54.6 Å². The fourth-order valence-electron chi connectivity index (χ4n) is 2.85. The Hall–Kier alpha value is -1.94.